The van der Waals surface area contributed by atoms with Crippen molar-refractivity contribution in [2.75, 3.05) is 24.6 Å². The zero-order valence-electron chi connectivity index (χ0n) is 15.8. The second kappa shape index (κ2) is 7.95. The average molecular weight is 441 g/mol. The maximum atomic E-state index is 13.4. The van der Waals surface area contributed by atoms with Gasteiger partial charge in [-0.2, -0.15) is 13.2 Å². The molecule has 4 rings (SSSR count). The van der Waals surface area contributed by atoms with Gasteiger partial charge in [0, 0.05) is 19.4 Å². The molecule has 0 aliphatic carbocycles. The standard InChI is InChI=1S/C19H18F3N3O4S/c20-19(21,22)12-4-1-5-13-17(12)23-18(30-13)25(9-11-3-2-8-29-11)16(28)10-24-14(26)6-7-15(24)27/h1,4-5,11H,2-3,6-10H2/t11-/m1/s1. The Balaban J connectivity index is 1.68. The van der Waals surface area contributed by atoms with E-state index in [1.165, 1.54) is 17.0 Å². The van der Waals surface area contributed by atoms with Gasteiger partial charge in [-0.25, -0.2) is 4.98 Å². The number of ether oxygens (including phenoxy) is 1. The quantitative estimate of drug-likeness (QED) is 0.667. The SMILES string of the molecule is O=C1CCC(=O)N1CC(=O)N(C[C@H]1CCCO1)c1nc2c(C(F)(F)F)cccc2s1. The number of halogens is 3. The van der Waals surface area contributed by atoms with E-state index in [1.54, 1.807) is 0 Å². The van der Waals surface area contributed by atoms with Gasteiger partial charge in [-0.15, -0.1) is 0 Å². The first-order valence-corrected chi connectivity index (χ1v) is 10.3. The maximum absolute atomic E-state index is 13.4. The van der Waals surface area contributed by atoms with E-state index >= 15 is 0 Å². The lowest BCUT2D eigenvalue weighted by molar-refractivity contribution is -0.141. The molecule has 3 heterocycles. The number of para-hydroxylation sites is 1. The van der Waals surface area contributed by atoms with Gasteiger partial charge < -0.3 is 4.74 Å². The van der Waals surface area contributed by atoms with Crippen LogP contribution in [0.5, 0.6) is 0 Å². The summed E-state index contributed by atoms with van der Waals surface area (Å²) in [5.41, 5.74) is -1.11. The van der Waals surface area contributed by atoms with Gasteiger partial charge in [-0.05, 0) is 25.0 Å². The van der Waals surface area contributed by atoms with Crippen molar-refractivity contribution in [3.8, 4) is 0 Å². The summed E-state index contributed by atoms with van der Waals surface area (Å²) in [5, 5.41) is 0.0845. The van der Waals surface area contributed by atoms with Gasteiger partial charge in [0.05, 0.1) is 28.4 Å². The summed E-state index contributed by atoms with van der Waals surface area (Å²) >= 11 is 0.957. The molecule has 0 saturated carbocycles. The third-order valence-electron chi connectivity index (χ3n) is 5.10. The van der Waals surface area contributed by atoms with E-state index < -0.39 is 36.0 Å². The highest BCUT2D eigenvalue weighted by Crippen LogP contribution is 2.38. The van der Waals surface area contributed by atoms with Crippen LogP contribution in [0, 0.1) is 0 Å². The van der Waals surface area contributed by atoms with Crippen LogP contribution in [0.3, 0.4) is 0 Å². The molecule has 2 aromatic rings. The van der Waals surface area contributed by atoms with Gasteiger partial charge >= 0.3 is 6.18 Å². The number of thiazole rings is 1. The summed E-state index contributed by atoms with van der Waals surface area (Å²) in [6.45, 7) is 0.163. The Morgan fingerprint density at radius 3 is 2.63 bits per heavy atom. The number of nitrogens with zero attached hydrogens (tertiary/aromatic N) is 3. The molecule has 2 saturated heterocycles. The number of amides is 3. The highest BCUT2D eigenvalue weighted by atomic mass is 32.1. The van der Waals surface area contributed by atoms with Crippen LogP contribution in [0.2, 0.25) is 0 Å². The first-order valence-electron chi connectivity index (χ1n) is 9.46. The van der Waals surface area contributed by atoms with E-state index in [2.05, 4.69) is 4.98 Å². The molecule has 11 heteroatoms. The number of imide groups is 1. The minimum atomic E-state index is -4.58. The molecule has 1 atom stereocenters. The van der Waals surface area contributed by atoms with Crippen LogP contribution >= 0.6 is 11.3 Å². The van der Waals surface area contributed by atoms with Crippen molar-refractivity contribution < 1.29 is 32.3 Å². The van der Waals surface area contributed by atoms with Gasteiger partial charge in [0.15, 0.2) is 5.13 Å². The minimum absolute atomic E-state index is 0.0495. The fourth-order valence-electron chi connectivity index (χ4n) is 3.58. The Bertz CT molecular complexity index is 985. The number of hydrogen-bond acceptors (Lipinski definition) is 6. The predicted molar refractivity (Wildman–Crippen MR) is 102 cm³/mol. The fourth-order valence-corrected chi connectivity index (χ4v) is 4.60. The summed E-state index contributed by atoms with van der Waals surface area (Å²) in [6.07, 6.45) is -3.25. The summed E-state index contributed by atoms with van der Waals surface area (Å²) in [6, 6.07) is 3.74. The van der Waals surface area contributed by atoms with Gasteiger partial charge in [-0.1, -0.05) is 17.4 Å². The van der Waals surface area contributed by atoms with E-state index in [-0.39, 0.29) is 36.1 Å². The molecular weight excluding hydrogens is 423 g/mol. The van der Waals surface area contributed by atoms with Crippen LogP contribution in [-0.2, 0) is 25.3 Å². The number of anilines is 1. The summed E-state index contributed by atoms with van der Waals surface area (Å²) in [5.74, 6) is -1.45. The first-order chi connectivity index (χ1) is 14.2. The maximum Gasteiger partial charge on any atom is 0.418 e. The van der Waals surface area contributed by atoms with E-state index in [0.29, 0.717) is 17.7 Å². The van der Waals surface area contributed by atoms with Crippen molar-refractivity contribution in [1.29, 1.82) is 0 Å². The van der Waals surface area contributed by atoms with Crippen LogP contribution in [0.25, 0.3) is 10.2 Å². The highest BCUT2D eigenvalue weighted by Gasteiger charge is 2.36. The number of carbonyl (C=O) groups excluding carboxylic acids is 3. The first kappa shape index (κ1) is 20.7. The van der Waals surface area contributed by atoms with Crippen LogP contribution in [0.4, 0.5) is 18.3 Å². The molecule has 1 aromatic heterocycles. The number of benzene rings is 1. The van der Waals surface area contributed by atoms with Crippen LogP contribution in [-0.4, -0.2) is 53.4 Å². The Labute approximate surface area is 173 Å². The molecule has 30 heavy (non-hydrogen) atoms. The second-order valence-corrected chi connectivity index (χ2v) is 8.17. The largest absolute Gasteiger partial charge is 0.418 e. The van der Waals surface area contributed by atoms with Crippen molar-refractivity contribution in [1.82, 2.24) is 9.88 Å². The smallest absolute Gasteiger partial charge is 0.376 e. The van der Waals surface area contributed by atoms with Gasteiger partial charge in [0.1, 0.15) is 6.54 Å². The van der Waals surface area contributed by atoms with Gasteiger partial charge in [-0.3, -0.25) is 24.2 Å². The number of likely N-dealkylation sites (tertiary alicyclic amines) is 1. The molecule has 0 radical (unpaired) electrons. The third-order valence-corrected chi connectivity index (χ3v) is 6.15. The molecule has 0 spiro atoms. The topological polar surface area (TPSA) is 79.8 Å². The molecular formula is C19H18F3N3O4S. The Morgan fingerprint density at radius 1 is 1.27 bits per heavy atom. The Hall–Kier alpha value is -2.53. The van der Waals surface area contributed by atoms with Crippen LogP contribution < -0.4 is 4.90 Å². The Morgan fingerprint density at radius 2 is 2.00 bits per heavy atom. The molecule has 7 nitrogen and oxygen atoms in total. The fraction of sp³-hybridized carbons (Fsp3) is 0.474. The normalized spacial score (nSPS) is 19.8. The number of hydrogen-bond donors (Lipinski definition) is 0. The summed E-state index contributed by atoms with van der Waals surface area (Å²) in [7, 11) is 0. The predicted octanol–water partition coefficient (Wildman–Crippen LogP) is 2.98. The molecule has 0 N–H and O–H groups in total. The van der Waals surface area contributed by atoms with Crippen molar-refractivity contribution in [3.63, 3.8) is 0 Å². The second-order valence-electron chi connectivity index (χ2n) is 7.16. The summed E-state index contributed by atoms with van der Waals surface area (Å²) < 4.78 is 45.9. The summed E-state index contributed by atoms with van der Waals surface area (Å²) in [4.78, 5) is 43.0. The van der Waals surface area contributed by atoms with E-state index in [1.807, 2.05) is 0 Å². The minimum Gasteiger partial charge on any atom is -0.376 e. The number of alkyl halides is 3. The molecule has 2 fully saturated rings. The third kappa shape index (κ3) is 4.04. The van der Waals surface area contributed by atoms with E-state index in [0.717, 1.165) is 28.7 Å². The highest BCUT2D eigenvalue weighted by molar-refractivity contribution is 7.22. The van der Waals surface area contributed by atoms with Gasteiger partial charge in [0.2, 0.25) is 17.7 Å². The molecule has 0 unspecified atom stereocenters. The van der Waals surface area contributed by atoms with Crippen molar-refractivity contribution >= 4 is 44.4 Å². The van der Waals surface area contributed by atoms with Crippen molar-refractivity contribution in [2.24, 2.45) is 0 Å². The van der Waals surface area contributed by atoms with E-state index in [9.17, 15) is 27.6 Å². The number of aromatic nitrogens is 1. The van der Waals surface area contributed by atoms with Crippen molar-refractivity contribution in [2.45, 2.75) is 38.0 Å². The van der Waals surface area contributed by atoms with Gasteiger partial charge in [0.25, 0.3) is 0 Å². The van der Waals surface area contributed by atoms with Crippen molar-refractivity contribution in [3.05, 3.63) is 23.8 Å². The molecule has 2 aliphatic rings. The Kier molecular flexibility index (Phi) is 5.49. The number of rotatable bonds is 5. The number of fused-ring (bicyclic) bond motifs is 1. The molecule has 2 aliphatic heterocycles. The monoisotopic (exact) mass is 441 g/mol. The van der Waals surface area contributed by atoms with E-state index in [4.69, 9.17) is 4.74 Å². The number of carbonyl (C=O) groups is 3. The zero-order valence-corrected chi connectivity index (χ0v) is 16.6. The average Bonchev–Trinajstić information content (AvgIpc) is 3.41. The van der Waals surface area contributed by atoms with Crippen LogP contribution in [0.15, 0.2) is 18.2 Å². The molecule has 160 valence electrons. The molecule has 1 aromatic carbocycles. The lowest BCUT2D eigenvalue weighted by Crippen LogP contribution is -2.45. The van der Waals surface area contributed by atoms with Crippen LogP contribution in [0.1, 0.15) is 31.2 Å². The molecule has 3 amide bonds. The lowest BCUT2D eigenvalue weighted by Gasteiger charge is -2.25. The molecule has 0 bridgehead atoms. The lowest BCUT2D eigenvalue weighted by atomic mass is 10.2. The zero-order chi connectivity index (χ0) is 21.5.